The van der Waals surface area contributed by atoms with Gasteiger partial charge in [0.2, 0.25) is 0 Å². The Kier molecular flexibility index (Phi) is 4.28. The van der Waals surface area contributed by atoms with Crippen molar-refractivity contribution in [3.63, 3.8) is 0 Å². The predicted molar refractivity (Wildman–Crippen MR) is 87.4 cm³/mol. The summed E-state index contributed by atoms with van der Waals surface area (Å²) in [6.45, 7) is 3.18. The van der Waals surface area contributed by atoms with Crippen molar-refractivity contribution in [3.05, 3.63) is 42.2 Å². The quantitative estimate of drug-likeness (QED) is 0.922. The highest BCUT2D eigenvalue weighted by Gasteiger charge is 2.35. The molecule has 0 aliphatic carbocycles. The Hall–Kier alpha value is -1.86. The summed E-state index contributed by atoms with van der Waals surface area (Å²) in [6.07, 6.45) is 3.74. The highest BCUT2D eigenvalue weighted by Crippen LogP contribution is 2.29. The lowest BCUT2D eigenvalue weighted by Gasteiger charge is -2.44. The van der Waals surface area contributed by atoms with E-state index in [0.717, 1.165) is 37.4 Å². The number of fused-ring (bicyclic) bond motifs is 3. The van der Waals surface area contributed by atoms with E-state index in [4.69, 9.17) is 4.42 Å². The van der Waals surface area contributed by atoms with Gasteiger partial charge in [-0.15, -0.1) is 0 Å². The van der Waals surface area contributed by atoms with Gasteiger partial charge >= 0.3 is 5.91 Å². The van der Waals surface area contributed by atoms with Gasteiger partial charge in [0.15, 0.2) is 0 Å². The predicted octanol–water partition coefficient (Wildman–Crippen LogP) is 2.79. The maximum atomic E-state index is 12.9. The molecule has 4 heterocycles. The second-order valence-corrected chi connectivity index (χ2v) is 7.36. The molecule has 2 aromatic rings. The van der Waals surface area contributed by atoms with E-state index in [0.29, 0.717) is 10.9 Å². The molecule has 1 N–H and O–H groups in total. The smallest absolute Gasteiger partial charge is 0.307 e. The SMILES string of the molecule is O=C(NC1CN2CCC1CC2)c1nc(Sc2ccc(F)cc2)co1. The molecule has 0 radical (unpaired) electrons. The average molecular weight is 347 g/mol. The van der Waals surface area contributed by atoms with Gasteiger partial charge in [-0.1, -0.05) is 11.8 Å². The van der Waals surface area contributed by atoms with E-state index in [-0.39, 0.29) is 23.7 Å². The number of nitrogens with zero attached hydrogens (tertiary/aromatic N) is 2. The molecular formula is C17H18FN3O2S. The molecule has 3 saturated heterocycles. The van der Waals surface area contributed by atoms with Crippen LogP contribution in [0.3, 0.4) is 0 Å². The standard InChI is InChI=1S/C17H18FN3O2S/c18-12-1-3-13(4-2-12)24-15-10-23-17(20-15)16(22)19-14-9-21-7-5-11(14)6-8-21/h1-4,10-11,14H,5-9H2,(H,19,22). The zero-order valence-corrected chi connectivity index (χ0v) is 13.9. The van der Waals surface area contributed by atoms with Crippen molar-refractivity contribution in [2.75, 3.05) is 19.6 Å². The number of piperidine rings is 3. The number of aromatic nitrogens is 1. The first kappa shape index (κ1) is 15.7. The third-order valence-corrected chi connectivity index (χ3v) is 5.59. The zero-order chi connectivity index (χ0) is 16.5. The number of halogens is 1. The van der Waals surface area contributed by atoms with E-state index < -0.39 is 0 Å². The average Bonchev–Trinajstić information content (AvgIpc) is 3.07. The molecule has 1 aromatic carbocycles. The van der Waals surface area contributed by atoms with Crippen LogP contribution < -0.4 is 5.32 Å². The minimum absolute atomic E-state index is 0.0797. The Morgan fingerprint density at radius 2 is 2.04 bits per heavy atom. The minimum Gasteiger partial charge on any atom is -0.440 e. The summed E-state index contributed by atoms with van der Waals surface area (Å²) in [5, 5.41) is 3.64. The van der Waals surface area contributed by atoms with Crippen molar-refractivity contribution in [1.29, 1.82) is 0 Å². The molecule has 1 unspecified atom stereocenters. The molecule has 126 valence electrons. The van der Waals surface area contributed by atoms with Gasteiger partial charge in [0.05, 0.1) is 0 Å². The number of carbonyl (C=O) groups excluding carboxylic acids is 1. The third kappa shape index (κ3) is 3.32. The van der Waals surface area contributed by atoms with Gasteiger partial charge in [-0.2, -0.15) is 4.98 Å². The highest BCUT2D eigenvalue weighted by atomic mass is 32.2. The van der Waals surface area contributed by atoms with Crippen molar-refractivity contribution in [2.24, 2.45) is 5.92 Å². The number of benzene rings is 1. The molecule has 1 amide bonds. The lowest BCUT2D eigenvalue weighted by Crippen LogP contribution is -2.57. The number of rotatable bonds is 4. The lowest BCUT2D eigenvalue weighted by molar-refractivity contribution is 0.0602. The van der Waals surface area contributed by atoms with Gasteiger partial charge in [0.25, 0.3) is 5.89 Å². The van der Waals surface area contributed by atoms with Crippen LogP contribution in [0.15, 0.2) is 44.9 Å². The Morgan fingerprint density at radius 1 is 1.29 bits per heavy atom. The summed E-state index contributed by atoms with van der Waals surface area (Å²) in [4.78, 5) is 19.8. The van der Waals surface area contributed by atoms with Crippen LogP contribution in [-0.2, 0) is 0 Å². The lowest BCUT2D eigenvalue weighted by atomic mass is 9.84. The molecule has 3 aliphatic rings. The fourth-order valence-electron chi connectivity index (χ4n) is 3.39. The maximum absolute atomic E-state index is 12.9. The molecule has 5 rings (SSSR count). The fourth-order valence-corrected chi connectivity index (χ4v) is 4.13. The summed E-state index contributed by atoms with van der Waals surface area (Å²) in [5.74, 6) is 0.0924. The topological polar surface area (TPSA) is 58.4 Å². The largest absolute Gasteiger partial charge is 0.440 e. The fraction of sp³-hybridized carbons (Fsp3) is 0.412. The van der Waals surface area contributed by atoms with Crippen LogP contribution in [0.5, 0.6) is 0 Å². The van der Waals surface area contributed by atoms with Crippen LogP contribution in [0, 0.1) is 11.7 Å². The number of hydrogen-bond donors (Lipinski definition) is 1. The molecular weight excluding hydrogens is 329 g/mol. The Labute approximate surface area is 143 Å². The molecule has 2 bridgehead atoms. The molecule has 3 fully saturated rings. The zero-order valence-electron chi connectivity index (χ0n) is 13.1. The van der Waals surface area contributed by atoms with Gasteiger partial charge < -0.3 is 14.6 Å². The molecule has 0 spiro atoms. The molecule has 1 atom stereocenters. The Balaban J connectivity index is 1.39. The van der Waals surface area contributed by atoms with Crippen LogP contribution >= 0.6 is 11.8 Å². The second kappa shape index (κ2) is 6.57. The number of oxazole rings is 1. The molecule has 7 heteroatoms. The van der Waals surface area contributed by atoms with Crippen LogP contribution in [-0.4, -0.2) is 41.5 Å². The van der Waals surface area contributed by atoms with Gasteiger partial charge in [-0.3, -0.25) is 4.79 Å². The van der Waals surface area contributed by atoms with Crippen molar-refractivity contribution < 1.29 is 13.6 Å². The van der Waals surface area contributed by atoms with E-state index in [1.165, 1.54) is 30.2 Å². The van der Waals surface area contributed by atoms with E-state index in [1.807, 2.05) is 0 Å². The molecule has 1 aromatic heterocycles. The highest BCUT2D eigenvalue weighted by molar-refractivity contribution is 7.99. The first-order chi connectivity index (χ1) is 11.7. The molecule has 5 nitrogen and oxygen atoms in total. The number of hydrogen-bond acceptors (Lipinski definition) is 5. The van der Waals surface area contributed by atoms with Crippen LogP contribution in [0.4, 0.5) is 4.39 Å². The number of carbonyl (C=O) groups is 1. The summed E-state index contributed by atoms with van der Waals surface area (Å²) in [7, 11) is 0. The normalized spacial score (nSPS) is 25.6. The van der Waals surface area contributed by atoms with E-state index >= 15 is 0 Å². The van der Waals surface area contributed by atoms with Crippen LogP contribution in [0.2, 0.25) is 0 Å². The third-order valence-electron chi connectivity index (χ3n) is 4.69. The van der Waals surface area contributed by atoms with Crippen LogP contribution in [0.1, 0.15) is 23.5 Å². The number of nitrogens with one attached hydrogen (secondary N) is 1. The van der Waals surface area contributed by atoms with Crippen molar-refractivity contribution in [2.45, 2.75) is 28.8 Å². The summed E-state index contributed by atoms with van der Waals surface area (Å²) in [6, 6.07) is 6.30. The van der Waals surface area contributed by atoms with E-state index in [9.17, 15) is 9.18 Å². The Bertz CT molecular complexity index is 726. The first-order valence-electron chi connectivity index (χ1n) is 8.09. The molecule has 0 saturated carbocycles. The van der Waals surface area contributed by atoms with E-state index in [1.54, 1.807) is 12.1 Å². The molecule has 24 heavy (non-hydrogen) atoms. The maximum Gasteiger partial charge on any atom is 0.307 e. The van der Waals surface area contributed by atoms with Gasteiger partial charge in [0, 0.05) is 17.5 Å². The summed E-state index contributed by atoms with van der Waals surface area (Å²) >= 11 is 1.33. The van der Waals surface area contributed by atoms with Gasteiger partial charge in [-0.05, 0) is 56.1 Å². The monoisotopic (exact) mass is 347 g/mol. The minimum atomic E-state index is -0.280. The Morgan fingerprint density at radius 3 is 2.71 bits per heavy atom. The first-order valence-corrected chi connectivity index (χ1v) is 8.91. The van der Waals surface area contributed by atoms with Gasteiger partial charge in [-0.25, -0.2) is 4.39 Å². The van der Waals surface area contributed by atoms with Crippen LogP contribution in [0.25, 0.3) is 0 Å². The molecule has 3 aliphatic heterocycles. The van der Waals surface area contributed by atoms with Gasteiger partial charge in [0.1, 0.15) is 17.1 Å². The second-order valence-electron chi connectivity index (χ2n) is 6.26. The van der Waals surface area contributed by atoms with Crippen molar-refractivity contribution in [1.82, 2.24) is 15.2 Å². The van der Waals surface area contributed by atoms with Crippen molar-refractivity contribution in [3.8, 4) is 0 Å². The van der Waals surface area contributed by atoms with Crippen molar-refractivity contribution >= 4 is 17.7 Å². The van der Waals surface area contributed by atoms with E-state index in [2.05, 4.69) is 15.2 Å². The number of amides is 1. The summed E-state index contributed by atoms with van der Waals surface area (Å²) in [5.41, 5.74) is 0. The summed E-state index contributed by atoms with van der Waals surface area (Å²) < 4.78 is 18.2.